The smallest absolute Gasteiger partial charge is 0.245 e. The first-order chi connectivity index (χ1) is 20.4. The highest BCUT2D eigenvalue weighted by atomic mass is 16.7. The van der Waals surface area contributed by atoms with E-state index in [0.29, 0.717) is 0 Å². The molecule has 0 amide bonds. The number of fused-ring (bicyclic) bond motifs is 3. The standard InChI is InChI=1S/C36H34O6/c1-36(2)41-29-12-8-10-23-24(15-16-30(42-36)34(23)29)33-26-17-20-9-7-11-28(38-4)32(20)35(40-6)25(26)14-13-22-27(33)18-21(37-3)19-31(22)39-5/h7-12,15-19,33H,13-14H2,1-6H3. The summed E-state index contributed by atoms with van der Waals surface area (Å²) in [6.07, 6.45) is 1.56. The van der Waals surface area contributed by atoms with Gasteiger partial charge in [0.15, 0.2) is 0 Å². The Bertz CT molecular complexity index is 1860. The Labute approximate surface area is 245 Å². The first kappa shape index (κ1) is 26.3. The van der Waals surface area contributed by atoms with Gasteiger partial charge in [-0.25, -0.2) is 0 Å². The first-order valence-electron chi connectivity index (χ1n) is 14.2. The van der Waals surface area contributed by atoms with Gasteiger partial charge in [-0.15, -0.1) is 0 Å². The van der Waals surface area contributed by atoms with Crippen LogP contribution in [-0.4, -0.2) is 34.2 Å². The fraction of sp³-hybridized carbons (Fsp3) is 0.278. The molecule has 0 fully saturated rings. The second kappa shape index (κ2) is 9.76. The Hall–Kier alpha value is -4.58. The van der Waals surface area contributed by atoms with Crippen LogP contribution in [0.15, 0.2) is 66.7 Å². The van der Waals surface area contributed by atoms with Crippen LogP contribution in [0.25, 0.3) is 21.5 Å². The molecule has 1 heterocycles. The van der Waals surface area contributed by atoms with Crippen molar-refractivity contribution in [3.63, 3.8) is 0 Å². The molecule has 6 nitrogen and oxygen atoms in total. The van der Waals surface area contributed by atoms with E-state index in [1.54, 1.807) is 28.4 Å². The summed E-state index contributed by atoms with van der Waals surface area (Å²) < 4.78 is 36.4. The minimum absolute atomic E-state index is 0.148. The van der Waals surface area contributed by atoms with Crippen molar-refractivity contribution in [1.29, 1.82) is 0 Å². The van der Waals surface area contributed by atoms with E-state index in [1.165, 1.54) is 5.56 Å². The second-order valence-corrected chi connectivity index (χ2v) is 11.3. The van der Waals surface area contributed by atoms with Crippen LogP contribution in [0.3, 0.4) is 0 Å². The van der Waals surface area contributed by atoms with Gasteiger partial charge in [0.05, 0.1) is 39.2 Å². The van der Waals surface area contributed by atoms with Crippen LogP contribution in [0.4, 0.5) is 0 Å². The third kappa shape index (κ3) is 3.92. The SMILES string of the molecule is COc1cc(OC)c2c(c1)C(c1ccc3c4c(cccc14)OC(C)(C)O3)c1cc3cccc(OC)c3c(OC)c1CC2. The molecular formula is C36H34O6. The van der Waals surface area contributed by atoms with Crippen LogP contribution in [0.2, 0.25) is 0 Å². The van der Waals surface area contributed by atoms with Gasteiger partial charge in [-0.2, -0.15) is 0 Å². The summed E-state index contributed by atoms with van der Waals surface area (Å²) in [5, 5.41) is 4.10. The summed E-state index contributed by atoms with van der Waals surface area (Å²) in [6.45, 7) is 3.87. The lowest BCUT2D eigenvalue weighted by Crippen LogP contribution is -2.37. The zero-order valence-corrected chi connectivity index (χ0v) is 24.8. The molecule has 0 spiro atoms. The lowest BCUT2D eigenvalue weighted by molar-refractivity contribution is -0.0861. The molecule has 6 heteroatoms. The van der Waals surface area contributed by atoms with Gasteiger partial charge in [0, 0.05) is 25.8 Å². The van der Waals surface area contributed by atoms with Crippen molar-refractivity contribution in [2.75, 3.05) is 28.4 Å². The van der Waals surface area contributed by atoms with E-state index in [0.717, 1.165) is 91.1 Å². The van der Waals surface area contributed by atoms with Crippen molar-refractivity contribution in [2.45, 2.75) is 38.4 Å². The minimum Gasteiger partial charge on any atom is -0.497 e. The van der Waals surface area contributed by atoms with E-state index in [-0.39, 0.29) is 5.92 Å². The third-order valence-corrected chi connectivity index (χ3v) is 8.58. The molecule has 1 atom stereocenters. The summed E-state index contributed by atoms with van der Waals surface area (Å²) in [4.78, 5) is 0. The van der Waals surface area contributed by atoms with Crippen LogP contribution in [0.5, 0.6) is 34.5 Å². The number of methoxy groups -OCH3 is 4. The zero-order valence-electron chi connectivity index (χ0n) is 24.8. The van der Waals surface area contributed by atoms with Gasteiger partial charge in [0.2, 0.25) is 5.79 Å². The summed E-state index contributed by atoms with van der Waals surface area (Å²) >= 11 is 0. The van der Waals surface area contributed by atoms with Crippen molar-refractivity contribution >= 4 is 21.5 Å². The fourth-order valence-corrected chi connectivity index (χ4v) is 6.91. The van der Waals surface area contributed by atoms with Crippen molar-refractivity contribution in [1.82, 2.24) is 0 Å². The summed E-state index contributed by atoms with van der Waals surface area (Å²) in [5.74, 6) is 3.95. The molecule has 214 valence electrons. The zero-order chi connectivity index (χ0) is 29.2. The van der Waals surface area contributed by atoms with Crippen LogP contribution in [0, 0.1) is 0 Å². The maximum absolute atomic E-state index is 6.29. The highest BCUT2D eigenvalue weighted by Crippen LogP contribution is 2.52. The molecule has 1 aliphatic heterocycles. The number of hydrogen-bond donors (Lipinski definition) is 0. The number of rotatable bonds is 5. The first-order valence-corrected chi connectivity index (χ1v) is 14.2. The maximum Gasteiger partial charge on any atom is 0.245 e. The number of ether oxygens (including phenoxy) is 6. The van der Waals surface area contributed by atoms with E-state index in [1.807, 2.05) is 38.1 Å². The molecule has 5 aromatic rings. The monoisotopic (exact) mass is 562 g/mol. The van der Waals surface area contributed by atoms with Crippen LogP contribution >= 0.6 is 0 Å². The predicted molar refractivity (Wildman–Crippen MR) is 164 cm³/mol. The van der Waals surface area contributed by atoms with E-state index < -0.39 is 5.79 Å². The van der Waals surface area contributed by atoms with Crippen molar-refractivity contribution in [2.24, 2.45) is 0 Å². The van der Waals surface area contributed by atoms with Crippen LogP contribution < -0.4 is 28.4 Å². The van der Waals surface area contributed by atoms with Crippen LogP contribution in [0.1, 0.15) is 47.6 Å². The molecule has 0 aromatic heterocycles. The Kier molecular flexibility index (Phi) is 6.12. The lowest BCUT2D eigenvalue weighted by atomic mass is 9.79. The molecular weight excluding hydrogens is 528 g/mol. The highest BCUT2D eigenvalue weighted by Gasteiger charge is 2.35. The minimum atomic E-state index is -0.754. The summed E-state index contributed by atoms with van der Waals surface area (Å²) in [5.41, 5.74) is 5.79. The number of benzene rings is 5. The van der Waals surface area contributed by atoms with E-state index in [9.17, 15) is 0 Å². The molecule has 0 saturated carbocycles. The van der Waals surface area contributed by atoms with Gasteiger partial charge in [-0.05, 0) is 81.8 Å². The fourth-order valence-electron chi connectivity index (χ4n) is 6.91. The van der Waals surface area contributed by atoms with Gasteiger partial charge >= 0.3 is 0 Å². The highest BCUT2D eigenvalue weighted by molar-refractivity contribution is 5.99. The summed E-state index contributed by atoms with van der Waals surface area (Å²) in [7, 11) is 6.87. The van der Waals surface area contributed by atoms with Crippen molar-refractivity contribution in [3.8, 4) is 34.5 Å². The molecule has 0 radical (unpaired) electrons. The molecule has 0 N–H and O–H groups in total. The normalized spacial score (nSPS) is 16.5. The molecule has 0 saturated heterocycles. The molecule has 2 aliphatic rings. The van der Waals surface area contributed by atoms with Crippen molar-refractivity contribution < 1.29 is 28.4 Å². The Morgan fingerprint density at radius 2 is 1.36 bits per heavy atom. The van der Waals surface area contributed by atoms with Gasteiger partial charge in [-0.3, -0.25) is 0 Å². The van der Waals surface area contributed by atoms with Gasteiger partial charge < -0.3 is 28.4 Å². The Balaban J connectivity index is 1.60. The van der Waals surface area contributed by atoms with Gasteiger partial charge in [0.1, 0.15) is 34.5 Å². The van der Waals surface area contributed by atoms with Crippen molar-refractivity contribution in [3.05, 3.63) is 94.5 Å². The van der Waals surface area contributed by atoms with E-state index >= 15 is 0 Å². The molecule has 42 heavy (non-hydrogen) atoms. The second-order valence-electron chi connectivity index (χ2n) is 11.3. The third-order valence-electron chi connectivity index (χ3n) is 8.58. The van der Waals surface area contributed by atoms with E-state index in [4.69, 9.17) is 28.4 Å². The van der Waals surface area contributed by atoms with Gasteiger partial charge in [0.25, 0.3) is 0 Å². The number of hydrogen-bond acceptors (Lipinski definition) is 6. The summed E-state index contributed by atoms with van der Waals surface area (Å²) in [6, 6.07) is 23.1. The lowest BCUT2D eigenvalue weighted by Gasteiger charge is -2.34. The van der Waals surface area contributed by atoms with Crippen LogP contribution in [-0.2, 0) is 12.8 Å². The molecule has 1 unspecified atom stereocenters. The molecule has 0 bridgehead atoms. The molecule has 5 aromatic carbocycles. The van der Waals surface area contributed by atoms with E-state index in [2.05, 4.69) is 42.5 Å². The molecule has 1 aliphatic carbocycles. The maximum atomic E-state index is 6.29. The topological polar surface area (TPSA) is 55.4 Å². The quantitative estimate of drug-likeness (QED) is 0.218. The molecule has 7 rings (SSSR count). The van der Waals surface area contributed by atoms with Gasteiger partial charge in [-0.1, -0.05) is 30.3 Å². The predicted octanol–water partition coefficient (Wildman–Crippen LogP) is 7.81. The average molecular weight is 563 g/mol. The Morgan fingerprint density at radius 3 is 2.10 bits per heavy atom. The largest absolute Gasteiger partial charge is 0.497 e. The average Bonchev–Trinajstić information content (AvgIpc) is 3.15. The Morgan fingerprint density at radius 1 is 0.643 bits per heavy atom.